The number of rotatable bonds is 2. The molecule has 1 aromatic rings. The SMILES string of the molecule is C[N-]Cc1ccc(F)cc1.[K+]. The van der Waals surface area contributed by atoms with Gasteiger partial charge >= 0.3 is 51.4 Å². The molecule has 0 bridgehead atoms. The molecule has 0 spiro atoms. The van der Waals surface area contributed by atoms with Crippen LogP contribution in [0.25, 0.3) is 5.32 Å². The minimum Gasteiger partial charge on any atom is -0.661 e. The molecule has 1 rings (SSSR count). The molecule has 0 saturated carbocycles. The van der Waals surface area contributed by atoms with Crippen molar-refractivity contribution in [3.05, 3.63) is 41.0 Å². The Morgan fingerprint density at radius 1 is 1.27 bits per heavy atom. The van der Waals surface area contributed by atoms with Crippen molar-refractivity contribution in [3.8, 4) is 0 Å². The Bertz CT molecular complexity index is 198. The Balaban J connectivity index is 0.000001000. The Kier molecular flexibility index (Phi) is 6.71. The first-order chi connectivity index (χ1) is 4.83. The van der Waals surface area contributed by atoms with E-state index in [1.807, 2.05) is 0 Å². The van der Waals surface area contributed by atoms with Crippen LogP contribution in [0.3, 0.4) is 0 Å². The van der Waals surface area contributed by atoms with Crippen molar-refractivity contribution in [2.45, 2.75) is 6.54 Å². The molecular weight excluding hydrogens is 168 g/mol. The molecular formula is C8H9FKN. The Hall–Kier alpha value is 0.746. The molecule has 0 atom stereocenters. The summed E-state index contributed by atoms with van der Waals surface area (Å²) in [6.45, 7) is 0.667. The summed E-state index contributed by atoms with van der Waals surface area (Å²) in [5, 5.41) is 3.91. The van der Waals surface area contributed by atoms with Gasteiger partial charge in [-0.3, -0.25) is 0 Å². The normalized spacial score (nSPS) is 8.91. The molecule has 0 unspecified atom stereocenters. The van der Waals surface area contributed by atoms with Gasteiger partial charge in [-0.05, 0) is 12.1 Å². The van der Waals surface area contributed by atoms with E-state index in [1.54, 1.807) is 19.2 Å². The van der Waals surface area contributed by atoms with Crippen molar-refractivity contribution in [1.29, 1.82) is 0 Å². The molecule has 0 N–H and O–H groups in total. The first kappa shape index (κ1) is 11.7. The fraction of sp³-hybridized carbons (Fsp3) is 0.250. The molecule has 54 valence electrons. The van der Waals surface area contributed by atoms with E-state index in [1.165, 1.54) is 12.1 Å². The van der Waals surface area contributed by atoms with E-state index >= 15 is 0 Å². The fourth-order valence-corrected chi connectivity index (χ4v) is 0.772. The largest absolute Gasteiger partial charge is 1.00 e. The van der Waals surface area contributed by atoms with Gasteiger partial charge in [0, 0.05) is 0 Å². The van der Waals surface area contributed by atoms with E-state index in [4.69, 9.17) is 0 Å². The van der Waals surface area contributed by atoms with Crippen LogP contribution < -0.4 is 51.4 Å². The van der Waals surface area contributed by atoms with Gasteiger partial charge < -0.3 is 5.32 Å². The Labute approximate surface area is 109 Å². The molecule has 0 radical (unpaired) electrons. The molecule has 0 fully saturated rings. The predicted octanol–water partition coefficient (Wildman–Crippen LogP) is -0.667. The number of nitrogens with zero attached hydrogens (tertiary/aromatic N) is 1. The maximum absolute atomic E-state index is 12.3. The van der Waals surface area contributed by atoms with Crippen LogP contribution in [0.4, 0.5) is 4.39 Å². The molecule has 11 heavy (non-hydrogen) atoms. The second kappa shape index (κ2) is 6.28. The number of hydrogen-bond donors (Lipinski definition) is 0. The van der Waals surface area contributed by atoms with Crippen LogP contribution in [-0.2, 0) is 6.54 Å². The topological polar surface area (TPSA) is 14.1 Å². The molecule has 0 saturated heterocycles. The molecule has 1 aromatic carbocycles. The maximum Gasteiger partial charge on any atom is 1.00 e. The van der Waals surface area contributed by atoms with Crippen molar-refractivity contribution in [3.63, 3.8) is 0 Å². The smallest absolute Gasteiger partial charge is 0.661 e. The van der Waals surface area contributed by atoms with Gasteiger partial charge in [0.05, 0.1) is 0 Å². The van der Waals surface area contributed by atoms with Crippen LogP contribution in [-0.4, -0.2) is 7.05 Å². The first-order valence-electron chi connectivity index (χ1n) is 3.13. The third-order valence-electron chi connectivity index (χ3n) is 1.25. The van der Waals surface area contributed by atoms with Crippen LogP contribution in [0.15, 0.2) is 24.3 Å². The van der Waals surface area contributed by atoms with Crippen molar-refractivity contribution in [1.82, 2.24) is 0 Å². The maximum atomic E-state index is 12.3. The van der Waals surface area contributed by atoms with Crippen molar-refractivity contribution < 1.29 is 55.8 Å². The monoisotopic (exact) mass is 177 g/mol. The van der Waals surface area contributed by atoms with Crippen LogP contribution in [0.2, 0.25) is 0 Å². The number of halogens is 1. The quantitative estimate of drug-likeness (QED) is 0.532. The average molecular weight is 177 g/mol. The summed E-state index contributed by atoms with van der Waals surface area (Å²) < 4.78 is 12.3. The van der Waals surface area contributed by atoms with E-state index in [-0.39, 0.29) is 57.2 Å². The number of benzene rings is 1. The van der Waals surface area contributed by atoms with Crippen LogP contribution in [0.5, 0.6) is 0 Å². The molecule has 0 heterocycles. The van der Waals surface area contributed by atoms with E-state index in [0.717, 1.165) is 5.56 Å². The van der Waals surface area contributed by atoms with Crippen molar-refractivity contribution in [2.75, 3.05) is 7.05 Å². The molecule has 0 amide bonds. The third kappa shape index (κ3) is 4.35. The predicted molar refractivity (Wildman–Crippen MR) is 39.4 cm³/mol. The van der Waals surface area contributed by atoms with Gasteiger partial charge in [0.15, 0.2) is 0 Å². The third-order valence-corrected chi connectivity index (χ3v) is 1.25. The van der Waals surface area contributed by atoms with Gasteiger partial charge in [0.2, 0.25) is 0 Å². The van der Waals surface area contributed by atoms with Gasteiger partial charge in [0.1, 0.15) is 5.82 Å². The van der Waals surface area contributed by atoms with Gasteiger partial charge in [0.25, 0.3) is 0 Å². The standard InChI is InChI=1S/C8H9FN.K/c1-10-6-7-2-4-8(9)5-3-7;/h2-5H,6H2,1H3;/q-1;+1. The number of hydrogen-bond acceptors (Lipinski definition) is 0. The van der Waals surface area contributed by atoms with Gasteiger partial charge in [-0.2, -0.15) is 7.05 Å². The zero-order chi connectivity index (χ0) is 7.40. The fourth-order valence-electron chi connectivity index (χ4n) is 0.772. The summed E-state index contributed by atoms with van der Waals surface area (Å²) in [5.41, 5.74) is 1.05. The van der Waals surface area contributed by atoms with E-state index in [9.17, 15) is 4.39 Å². The molecule has 1 nitrogen and oxygen atoms in total. The summed E-state index contributed by atoms with van der Waals surface area (Å²) in [6, 6.07) is 6.37. The van der Waals surface area contributed by atoms with Crippen molar-refractivity contribution in [2.24, 2.45) is 0 Å². The summed E-state index contributed by atoms with van der Waals surface area (Å²) in [6.07, 6.45) is 0. The van der Waals surface area contributed by atoms with E-state index < -0.39 is 0 Å². The zero-order valence-electron chi connectivity index (χ0n) is 6.84. The Morgan fingerprint density at radius 2 is 1.82 bits per heavy atom. The van der Waals surface area contributed by atoms with Gasteiger partial charge in [-0.1, -0.05) is 17.7 Å². The average Bonchev–Trinajstić information content (AvgIpc) is 1.95. The van der Waals surface area contributed by atoms with Gasteiger partial charge in [-0.15, -0.1) is 6.54 Å². The molecule has 0 aliphatic rings. The second-order valence-electron chi connectivity index (χ2n) is 2.10. The summed E-state index contributed by atoms with van der Waals surface area (Å²) in [5.74, 6) is -0.195. The van der Waals surface area contributed by atoms with E-state index in [2.05, 4.69) is 5.32 Å². The zero-order valence-corrected chi connectivity index (χ0v) is 9.96. The summed E-state index contributed by atoms with van der Waals surface area (Å²) >= 11 is 0. The summed E-state index contributed by atoms with van der Waals surface area (Å²) in [4.78, 5) is 0. The molecule has 3 heteroatoms. The minimum absolute atomic E-state index is 0. The van der Waals surface area contributed by atoms with E-state index in [0.29, 0.717) is 6.54 Å². The molecule has 0 aliphatic carbocycles. The molecule has 0 aromatic heterocycles. The van der Waals surface area contributed by atoms with Crippen LogP contribution in [0.1, 0.15) is 5.56 Å². The van der Waals surface area contributed by atoms with Crippen LogP contribution in [0, 0.1) is 5.82 Å². The first-order valence-corrected chi connectivity index (χ1v) is 3.13. The van der Waals surface area contributed by atoms with Crippen molar-refractivity contribution >= 4 is 0 Å². The summed E-state index contributed by atoms with van der Waals surface area (Å²) in [7, 11) is 1.74. The minimum atomic E-state index is -0.195. The molecule has 0 aliphatic heterocycles. The van der Waals surface area contributed by atoms with Crippen LogP contribution >= 0.6 is 0 Å². The second-order valence-corrected chi connectivity index (χ2v) is 2.10. The Morgan fingerprint density at radius 3 is 2.27 bits per heavy atom. The van der Waals surface area contributed by atoms with Gasteiger partial charge in [-0.25, -0.2) is 4.39 Å².